The van der Waals surface area contributed by atoms with Crippen LogP contribution in [0.3, 0.4) is 0 Å². The third-order valence-electron chi connectivity index (χ3n) is 2.08. The number of benzene rings is 1. The van der Waals surface area contributed by atoms with E-state index in [1.54, 1.807) is 0 Å². The standard InChI is InChI=1S/C11H13ClFNO2/c1-16-6-7-4-8(12)5-9(11(7)13)10(15)2-3-14/h4-5H,2-3,6,14H2,1H3. The average molecular weight is 246 g/mol. The molecule has 0 aliphatic heterocycles. The summed E-state index contributed by atoms with van der Waals surface area (Å²) in [7, 11) is 1.45. The fraction of sp³-hybridized carbons (Fsp3) is 0.364. The van der Waals surface area contributed by atoms with Crippen LogP contribution in [-0.2, 0) is 11.3 Å². The van der Waals surface area contributed by atoms with Gasteiger partial charge in [0.2, 0.25) is 0 Å². The second-order valence-electron chi connectivity index (χ2n) is 3.32. The number of rotatable bonds is 5. The van der Waals surface area contributed by atoms with Crippen LogP contribution in [0.15, 0.2) is 12.1 Å². The maximum Gasteiger partial charge on any atom is 0.167 e. The van der Waals surface area contributed by atoms with Crippen LogP contribution in [0.5, 0.6) is 0 Å². The molecule has 16 heavy (non-hydrogen) atoms. The lowest BCUT2D eigenvalue weighted by Gasteiger charge is -2.07. The normalized spacial score (nSPS) is 10.5. The van der Waals surface area contributed by atoms with Crippen molar-refractivity contribution in [3.05, 3.63) is 34.1 Å². The molecular formula is C11H13ClFNO2. The van der Waals surface area contributed by atoms with Gasteiger partial charge >= 0.3 is 0 Å². The highest BCUT2D eigenvalue weighted by atomic mass is 35.5. The highest BCUT2D eigenvalue weighted by Crippen LogP contribution is 2.21. The number of hydrogen-bond donors (Lipinski definition) is 1. The second kappa shape index (κ2) is 5.94. The third-order valence-corrected chi connectivity index (χ3v) is 2.30. The minimum atomic E-state index is -0.579. The molecule has 0 aliphatic carbocycles. The summed E-state index contributed by atoms with van der Waals surface area (Å²) in [4.78, 5) is 11.6. The summed E-state index contributed by atoms with van der Waals surface area (Å²) in [5.41, 5.74) is 5.50. The Kier molecular flexibility index (Phi) is 4.86. The molecule has 0 aliphatic rings. The molecule has 3 nitrogen and oxygen atoms in total. The van der Waals surface area contributed by atoms with Gasteiger partial charge in [-0.3, -0.25) is 4.79 Å². The number of ether oxygens (including phenoxy) is 1. The maximum atomic E-state index is 13.8. The molecule has 0 spiro atoms. The number of carbonyl (C=O) groups excluding carboxylic acids is 1. The van der Waals surface area contributed by atoms with E-state index in [2.05, 4.69) is 0 Å². The Morgan fingerprint density at radius 3 is 2.81 bits per heavy atom. The van der Waals surface area contributed by atoms with Crippen molar-refractivity contribution >= 4 is 17.4 Å². The summed E-state index contributed by atoms with van der Waals surface area (Å²) in [6.07, 6.45) is 0.101. The first kappa shape index (κ1) is 13.1. The van der Waals surface area contributed by atoms with Gasteiger partial charge in [-0.1, -0.05) is 11.6 Å². The highest BCUT2D eigenvalue weighted by molar-refractivity contribution is 6.31. The van der Waals surface area contributed by atoms with Crippen molar-refractivity contribution in [2.45, 2.75) is 13.0 Å². The van der Waals surface area contributed by atoms with Gasteiger partial charge in [0.1, 0.15) is 5.82 Å². The van der Waals surface area contributed by atoms with E-state index in [1.165, 1.54) is 19.2 Å². The summed E-state index contributed by atoms with van der Waals surface area (Å²) < 4.78 is 18.6. The topological polar surface area (TPSA) is 52.3 Å². The van der Waals surface area contributed by atoms with E-state index in [9.17, 15) is 9.18 Å². The molecule has 0 unspecified atom stereocenters. The lowest BCUT2D eigenvalue weighted by atomic mass is 10.0. The number of Topliss-reactive ketones (excluding diaryl/α,β-unsaturated/α-hetero) is 1. The van der Waals surface area contributed by atoms with Crippen LogP contribution >= 0.6 is 11.6 Å². The van der Waals surface area contributed by atoms with E-state index < -0.39 is 5.82 Å². The molecule has 0 saturated carbocycles. The van der Waals surface area contributed by atoms with Gasteiger partial charge in [-0.2, -0.15) is 0 Å². The van der Waals surface area contributed by atoms with E-state index >= 15 is 0 Å². The first-order chi connectivity index (χ1) is 7.60. The fourth-order valence-electron chi connectivity index (χ4n) is 1.37. The van der Waals surface area contributed by atoms with Crippen LogP contribution in [0.1, 0.15) is 22.3 Å². The summed E-state index contributed by atoms with van der Waals surface area (Å²) in [6.45, 7) is 0.264. The Balaban J connectivity index is 3.13. The van der Waals surface area contributed by atoms with Gasteiger partial charge in [0.25, 0.3) is 0 Å². The van der Waals surface area contributed by atoms with Crippen LogP contribution < -0.4 is 5.73 Å². The maximum absolute atomic E-state index is 13.8. The van der Waals surface area contributed by atoms with Crippen LogP contribution in [0, 0.1) is 5.82 Å². The molecule has 88 valence electrons. The molecule has 0 heterocycles. The summed E-state index contributed by atoms with van der Waals surface area (Å²) in [5.74, 6) is -0.926. The number of carbonyl (C=O) groups is 1. The van der Waals surface area contributed by atoms with Crippen LogP contribution in [0.2, 0.25) is 5.02 Å². The van der Waals surface area contributed by atoms with E-state index in [-0.39, 0.29) is 36.5 Å². The van der Waals surface area contributed by atoms with Crippen molar-refractivity contribution in [1.29, 1.82) is 0 Å². The Labute approximate surface area is 98.3 Å². The van der Waals surface area contributed by atoms with Crippen molar-refractivity contribution in [3.8, 4) is 0 Å². The van der Waals surface area contributed by atoms with Crippen molar-refractivity contribution < 1.29 is 13.9 Å². The molecule has 0 bridgehead atoms. The molecule has 1 rings (SSSR count). The fourth-order valence-corrected chi connectivity index (χ4v) is 1.62. The molecule has 0 aromatic heterocycles. The molecule has 5 heteroatoms. The number of halogens is 2. The quantitative estimate of drug-likeness (QED) is 0.809. The third kappa shape index (κ3) is 3.01. The molecule has 0 fully saturated rings. The smallest absolute Gasteiger partial charge is 0.167 e. The van der Waals surface area contributed by atoms with Crippen LogP contribution in [0.4, 0.5) is 4.39 Å². The van der Waals surface area contributed by atoms with E-state index in [4.69, 9.17) is 22.1 Å². The Bertz CT molecular complexity index is 396. The summed E-state index contributed by atoms with van der Waals surface area (Å²) in [5, 5.41) is 0.314. The summed E-state index contributed by atoms with van der Waals surface area (Å²) >= 11 is 5.80. The van der Waals surface area contributed by atoms with Crippen molar-refractivity contribution in [2.24, 2.45) is 5.73 Å². The number of ketones is 1. The molecule has 0 atom stereocenters. The van der Waals surface area contributed by atoms with Gasteiger partial charge in [0, 0.05) is 24.1 Å². The van der Waals surface area contributed by atoms with Crippen molar-refractivity contribution in [1.82, 2.24) is 0 Å². The average Bonchev–Trinajstić information content (AvgIpc) is 2.23. The molecule has 0 amide bonds. The Hall–Kier alpha value is -0.970. The first-order valence-electron chi connectivity index (χ1n) is 4.80. The lowest BCUT2D eigenvalue weighted by molar-refractivity contribution is 0.0980. The number of nitrogens with two attached hydrogens (primary N) is 1. The second-order valence-corrected chi connectivity index (χ2v) is 3.76. The minimum Gasteiger partial charge on any atom is -0.380 e. The van der Waals surface area contributed by atoms with Gasteiger partial charge in [0.05, 0.1) is 12.2 Å². The van der Waals surface area contributed by atoms with Gasteiger partial charge in [-0.25, -0.2) is 4.39 Å². The van der Waals surface area contributed by atoms with Crippen molar-refractivity contribution in [2.75, 3.05) is 13.7 Å². The molecule has 1 aromatic carbocycles. The van der Waals surface area contributed by atoms with Gasteiger partial charge in [-0.15, -0.1) is 0 Å². The molecular weight excluding hydrogens is 233 g/mol. The Morgan fingerprint density at radius 1 is 1.56 bits per heavy atom. The van der Waals surface area contributed by atoms with Gasteiger partial charge in [0.15, 0.2) is 5.78 Å². The zero-order chi connectivity index (χ0) is 12.1. The molecule has 0 saturated heterocycles. The van der Waals surface area contributed by atoms with Crippen LogP contribution in [0.25, 0.3) is 0 Å². The number of methoxy groups -OCH3 is 1. The monoisotopic (exact) mass is 245 g/mol. The molecule has 2 N–H and O–H groups in total. The van der Waals surface area contributed by atoms with Gasteiger partial charge in [-0.05, 0) is 18.7 Å². The zero-order valence-corrected chi connectivity index (χ0v) is 9.68. The largest absolute Gasteiger partial charge is 0.380 e. The zero-order valence-electron chi connectivity index (χ0n) is 8.93. The van der Waals surface area contributed by atoms with E-state index in [1.807, 2.05) is 0 Å². The van der Waals surface area contributed by atoms with Gasteiger partial charge < -0.3 is 10.5 Å². The summed E-state index contributed by atoms with van der Waals surface area (Å²) in [6, 6.07) is 2.76. The predicted molar refractivity (Wildman–Crippen MR) is 60.1 cm³/mol. The molecule has 0 radical (unpaired) electrons. The molecule has 1 aromatic rings. The number of hydrogen-bond acceptors (Lipinski definition) is 3. The first-order valence-corrected chi connectivity index (χ1v) is 5.18. The van der Waals surface area contributed by atoms with Crippen LogP contribution in [-0.4, -0.2) is 19.4 Å². The SMILES string of the molecule is COCc1cc(Cl)cc(C(=O)CCN)c1F. The van der Waals surface area contributed by atoms with Crippen molar-refractivity contribution in [3.63, 3.8) is 0 Å². The highest BCUT2D eigenvalue weighted by Gasteiger charge is 2.15. The predicted octanol–water partition coefficient (Wildman–Crippen LogP) is 2.16. The minimum absolute atomic E-state index is 0.0231. The lowest BCUT2D eigenvalue weighted by Crippen LogP contribution is -2.11. The van der Waals surface area contributed by atoms with E-state index in [0.717, 1.165) is 0 Å². The Morgan fingerprint density at radius 2 is 2.25 bits per heavy atom. The van der Waals surface area contributed by atoms with E-state index in [0.29, 0.717) is 5.02 Å².